The molecule has 1 atom stereocenters. The first-order valence-corrected chi connectivity index (χ1v) is 10.4. The minimum Gasteiger partial charge on any atom is -0.464 e. The SMILES string of the molecule is COC(=O)c1nc(-c2cccc(C#C[C@]3(O)CCN(C)C3=O)c2)sc1Cn1cccn1. The highest BCUT2D eigenvalue weighted by molar-refractivity contribution is 7.15. The normalized spacial score (nSPS) is 18.0. The van der Waals surface area contributed by atoms with Crippen molar-refractivity contribution in [3.63, 3.8) is 0 Å². The predicted molar refractivity (Wildman–Crippen MR) is 114 cm³/mol. The summed E-state index contributed by atoms with van der Waals surface area (Å²) in [4.78, 5) is 31.0. The van der Waals surface area contributed by atoms with Gasteiger partial charge in [0.1, 0.15) is 5.01 Å². The average molecular weight is 436 g/mol. The number of esters is 1. The number of amides is 1. The van der Waals surface area contributed by atoms with Crippen molar-refractivity contribution in [2.24, 2.45) is 0 Å². The van der Waals surface area contributed by atoms with Crippen LogP contribution in [0.25, 0.3) is 10.6 Å². The Hall–Kier alpha value is -3.48. The van der Waals surface area contributed by atoms with E-state index in [4.69, 9.17) is 4.74 Å². The third-order valence-corrected chi connectivity index (χ3v) is 6.06. The van der Waals surface area contributed by atoms with Gasteiger partial charge in [-0.2, -0.15) is 5.10 Å². The second-order valence-electron chi connectivity index (χ2n) is 7.15. The number of hydrogen-bond donors (Lipinski definition) is 1. The number of thiazole rings is 1. The van der Waals surface area contributed by atoms with Crippen molar-refractivity contribution in [1.82, 2.24) is 19.7 Å². The molecule has 1 N–H and O–H groups in total. The molecule has 1 aliphatic heterocycles. The first-order valence-electron chi connectivity index (χ1n) is 9.56. The minimum absolute atomic E-state index is 0.253. The zero-order valence-electron chi connectivity index (χ0n) is 17.0. The van der Waals surface area contributed by atoms with Crippen molar-refractivity contribution < 1.29 is 19.4 Å². The molecule has 1 amide bonds. The molecule has 2 aromatic heterocycles. The van der Waals surface area contributed by atoms with Crippen molar-refractivity contribution >= 4 is 23.2 Å². The Labute approximate surface area is 183 Å². The van der Waals surface area contributed by atoms with Crippen LogP contribution in [0.1, 0.15) is 27.3 Å². The molecule has 31 heavy (non-hydrogen) atoms. The molecule has 158 valence electrons. The van der Waals surface area contributed by atoms with Gasteiger partial charge in [-0.15, -0.1) is 11.3 Å². The summed E-state index contributed by atoms with van der Waals surface area (Å²) in [5.41, 5.74) is 0.0108. The van der Waals surface area contributed by atoms with Crippen molar-refractivity contribution in [1.29, 1.82) is 0 Å². The zero-order chi connectivity index (χ0) is 22.0. The van der Waals surface area contributed by atoms with Gasteiger partial charge in [0.05, 0.1) is 18.5 Å². The van der Waals surface area contributed by atoms with Crippen LogP contribution in [0.4, 0.5) is 0 Å². The monoisotopic (exact) mass is 436 g/mol. The second kappa shape index (κ2) is 8.34. The Balaban J connectivity index is 1.65. The Morgan fingerprint density at radius 2 is 2.23 bits per heavy atom. The van der Waals surface area contributed by atoms with Crippen LogP contribution in [0.5, 0.6) is 0 Å². The quantitative estimate of drug-likeness (QED) is 0.495. The second-order valence-corrected chi connectivity index (χ2v) is 8.24. The van der Waals surface area contributed by atoms with Crippen molar-refractivity contribution in [2.45, 2.75) is 18.6 Å². The van der Waals surface area contributed by atoms with E-state index >= 15 is 0 Å². The molecule has 4 rings (SSSR count). The number of carbonyl (C=O) groups excluding carboxylic acids is 2. The Morgan fingerprint density at radius 3 is 2.90 bits per heavy atom. The molecule has 1 aromatic carbocycles. The maximum absolute atomic E-state index is 12.2. The average Bonchev–Trinajstić information content (AvgIpc) is 3.50. The number of carbonyl (C=O) groups is 2. The van der Waals surface area contributed by atoms with Crippen LogP contribution < -0.4 is 0 Å². The smallest absolute Gasteiger partial charge is 0.357 e. The molecule has 8 nitrogen and oxygen atoms in total. The fourth-order valence-corrected chi connectivity index (χ4v) is 4.29. The highest BCUT2D eigenvalue weighted by Gasteiger charge is 2.42. The third-order valence-electron chi connectivity index (χ3n) is 4.97. The van der Waals surface area contributed by atoms with E-state index in [-0.39, 0.29) is 18.0 Å². The fourth-order valence-electron chi connectivity index (χ4n) is 3.25. The van der Waals surface area contributed by atoms with E-state index in [1.54, 1.807) is 24.0 Å². The van der Waals surface area contributed by atoms with Crippen molar-refractivity contribution in [2.75, 3.05) is 20.7 Å². The van der Waals surface area contributed by atoms with E-state index in [1.807, 2.05) is 30.5 Å². The molecule has 3 heterocycles. The molecule has 0 radical (unpaired) electrons. The molecule has 0 bridgehead atoms. The number of likely N-dealkylation sites (tertiary alicyclic amines) is 1. The van der Waals surface area contributed by atoms with Crippen LogP contribution in [-0.2, 0) is 16.1 Å². The van der Waals surface area contributed by atoms with Crippen LogP contribution in [0.2, 0.25) is 0 Å². The molecular formula is C22H20N4O4S. The molecule has 3 aromatic rings. The largest absolute Gasteiger partial charge is 0.464 e. The summed E-state index contributed by atoms with van der Waals surface area (Å²) in [7, 11) is 2.96. The number of aromatic nitrogens is 3. The Morgan fingerprint density at radius 1 is 1.39 bits per heavy atom. The number of likely N-dealkylation sites (N-methyl/N-ethyl adjacent to an activating group) is 1. The van der Waals surface area contributed by atoms with Gasteiger partial charge in [0.2, 0.25) is 5.60 Å². The number of hydrogen-bond acceptors (Lipinski definition) is 7. The highest BCUT2D eigenvalue weighted by Crippen LogP contribution is 2.30. The lowest BCUT2D eigenvalue weighted by atomic mass is 10.0. The summed E-state index contributed by atoms with van der Waals surface area (Å²) in [6.45, 7) is 0.871. The number of ether oxygens (including phenoxy) is 1. The summed E-state index contributed by atoms with van der Waals surface area (Å²) in [5.74, 6) is 4.73. The summed E-state index contributed by atoms with van der Waals surface area (Å²) in [6, 6.07) is 9.10. The first kappa shape index (κ1) is 20.8. The van der Waals surface area contributed by atoms with E-state index in [0.29, 0.717) is 23.7 Å². The third kappa shape index (κ3) is 4.21. The molecule has 1 aliphatic rings. The topological polar surface area (TPSA) is 97.5 Å². The number of nitrogens with zero attached hydrogens (tertiary/aromatic N) is 4. The van der Waals surface area contributed by atoms with Gasteiger partial charge in [-0.1, -0.05) is 24.0 Å². The van der Waals surface area contributed by atoms with Gasteiger partial charge in [-0.3, -0.25) is 9.48 Å². The van der Waals surface area contributed by atoms with Crippen molar-refractivity contribution in [3.8, 4) is 22.4 Å². The van der Waals surface area contributed by atoms with E-state index in [0.717, 1.165) is 10.4 Å². The number of methoxy groups -OCH3 is 1. The molecule has 9 heteroatoms. The van der Waals surface area contributed by atoms with Gasteiger partial charge in [-0.05, 0) is 18.2 Å². The number of benzene rings is 1. The lowest BCUT2D eigenvalue weighted by Crippen LogP contribution is -2.37. The minimum atomic E-state index is -1.65. The Kier molecular flexibility index (Phi) is 5.59. The molecule has 1 saturated heterocycles. The standard InChI is InChI=1S/C22H20N4O4S/c1-25-12-9-22(29,21(25)28)8-7-15-5-3-6-16(13-15)19-24-18(20(27)30-2)17(31-19)14-26-11-4-10-23-26/h3-6,10-11,13,29H,9,12,14H2,1-2H3/t22-/m0/s1. The fraction of sp³-hybridized carbons (Fsp3) is 0.273. The highest BCUT2D eigenvalue weighted by atomic mass is 32.1. The number of aliphatic hydroxyl groups is 1. The van der Waals surface area contributed by atoms with Crippen LogP contribution in [-0.4, -0.2) is 63.0 Å². The maximum atomic E-state index is 12.2. The molecule has 0 aliphatic carbocycles. The summed E-state index contributed by atoms with van der Waals surface area (Å²) in [6.07, 6.45) is 3.76. The summed E-state index contributed by atoms with van der Waals surface area (Å²) in [5, 5.41) is 15.3. The molecule has 0 saturated carbocycles. The van der Waals surface area contributed by atoms with Crippen molar-refractivity contribution in [3.05, 3.63) is 58.9 Å². The van der Waals surface area contributed by atoms with Crippen LogP contribution in [0, 0.1) is 11.8 Å². The molecule has 0 spiro atoms. The van der Waals surface area contributed by atoms with Gasteiger partial charge >= 0.3 is 5.97 Å². The van der Waals surface area contributed by atoms with Crippen LogP contribution in [0.15, 0.2) is 42.7 Å². The van der Waals surface area contributed by atoms with Gasteiger partial charge in [0, 0.05) is 43.5 Å². The molecule has 1 fully saturated rings. The summed E-state index contributed by atoms with van der Waals surface area (Å²) < 4.78 is 6.59. The van der Waals surface area contributed by atoms with Gasteiger partial charge < -0.3 is 14.7 Å². The lowest BCUT2D eigenvalue weighted by Gasteiger charge is -2.13. The summed E-state index contributed by atoms with van der Waals surface area (Å²) >= 11 is 1.38. The lowest BCUT2D eigenvalue weighted by molar-refractivity contribution is -0.137. The van der Waals surface area contributed by atoms with E-state index < -0.39 is 11.6 Å². The van der Waals surface area contributed by atoms with E-state index in [9.17, 15) is 14.7 Å². The Bertz CT molecular complexity index is 1190. The molecular weight excluding hydrogens is 416 g/mol. The van der Waals surface area contributed by atoms with Gasteiger partial charge in [0.15, 0.2) is 5.69 Å². The molecule has 0 unspecified atom stereocenters. The van der Waals surface area contributed by atoms with E-state index in [2.05, 4.69) is 21.9 Å². The predicted octanol–water partition coefficient (Wildman–Crippen LogP) is 1.79. The van der Waals surface area contributed by atoms with Gasteiger partial charge in [0.25, 0.3) is 5.91 Å². The first-order chi connectivity index (χ1) is 14.9. The maximum Gasteiger partial charge on any atom is 0.357 e. The van der Waals surface area contributed by atoms with Crippen LogP contribution >= 0.6 is 11.3 Å². The van der Waals surface area contributed by atoms with E-state index in [1.165, 1.54) is 23.3 Å². The van der Waals surface area contributed by atoms with Gasteiger partial charge in [-0.25, -0.2) is 9.78 Å². The van der Waals surface area contributed by atoms with Crippen LogP contribution in [0.3, 0.4) is 0 Å². The zero-order valence-corrected chi connectivity index (χ0v) is 17.8. The number of rotatable bonds is 4.